The van der Waals surface area contributed by atoms with Crippen LogP contribution in [0.3, 0.4) is 0 Å². The molecule has 222 valence electrons. The second kappa shape index (κ2) is 11.6. The third kappa shape index (κ3) is 6.30. The first-order valence-electron chi connectivity index (χ1n) is 13.3. The van der Waals surface area contributed by atoms with Gasteiger partial charge in [0.15, 0.2) is 11.5 Å². The van der Waals surface area contributed by atoms with Crippen molar-refractivity contribution in [3.8, 4) is 22.6 Å². The van der Waals surface area contributed by atoms with Crippen LogP contribution in [0.5, 0.6) is 11.5 Å². The van der Waals surface area contributed by atoms with E-state index in [0.717, 1.165) is 5.56 Å². The van der Waals surface area contributed by atoms with E-state index in [1.165, 1.54) is 24.5 Å². The number of hydrogen-bond donors (Lipinski definition) is 2. The lowest BCUT2D eigenvalue weighted by molar-refractivity contribution is -0.0102. The number of nitrogens with zero attached hydrogens (tertiary/aromatic N) is 3. The monoisotopic (exact) mass is 600 g/mol. The number of alkyl halides is 2. The highest BCUT2D eigenvalue weighted by molar-refractivity contribution is 7.93. The fourth-order valence-corrected chi connectivity index (χ4v) is 6.16. The molecule has 1 atom stereocenters. The van der Waals surface area contributed by atoms with Gasteiger partial charge in [-0.25, -0.2) is 22.8 Å². The molecule has 0 radical (unpaired) electrons. The molecule has 0 spiro atoms. The molecule has 1 saturated heterocycles. The fourth-order valence-electron chi connectivity index (χ4n) is 5.08. The summed E-state index contributed by atoms with van der Waals surface area (Å²) in [6, 6.07) is 11.4. The van der Waals surface area contributed by atoms with Crippen molar-refractivity contribution >= 4 is 33.2 Å². The van der Waals surface area contributed by atoms with Crippen molar-refractivity contribution in [3.05, 3.63) is 59.8 Å². The van der Waals surface area contributed by atoms with Crippen LogP contribution < -0.4 is 19.7 Å². The Hall–Kier alpha value is -4.26. The van der Waals surface area contributed by atoms with Gasteiger partial charge in [-0.15, -0.1) is 4.36 Å². The minimum Gasteiger partial charge on any atom is -0.486 e. The summed E-state index contributed by atoms with van der Waals surface area (Å²) in [5.74, 6) is -1.90. The highest BCUT2D eigenvalue weighted by Crippen LogP contribution is 2.38. The summed E-state index contributed by atoms with van der Waals surface area (Å²) in [6.45, 7) is 2.94. The van der Waals surface area contributed by atoms with Crippen LogP contribution >= 0.6 is 0 Å². The minimum absolute atomic E-state index is 0.0210. The smallest absolute Gasteiger partial charge is 0.439 e. The lowest BCUT2D eigenvalue weighted by atomic mass is 9.97. The minimum atomic E-state index is -3.27. The topological polar surface area (TPSA) is 130 Å². The number of benzene rings is 2. The molecule has 2 N–H and O–H groups in total. The summed E-state index contributed by atoms with van der Waals surface area (Å²) in [6.07, 6.45) is 0.875. The van der Waals surface area contributed by atoms with Crippen molar-refractivity contribution < 1.29 is 37.2 Å². The Morgan fingerprint density at radius 2 is 1.86 bits per heavy atom. The number of carboxylic acid groups (broad SMARTS) is 1. The number of amides is 2. The normalized spacial score (nSPS) is 17.5. The maximum absolute atomic E-state index is 14.2. The summed E-state index contributed by atoms with van der Waals surface area (Å²) in [5.41, 5.74) is 2.40. The van der Waals surface area contributed by atoms with Gasteiger partial charge in [0.25, 0.3) is 5.91 Å². The van der Waals surface area contributed by atoms with Gasteiger partial charge >= 0.3 is 6.09 Å². The molecule has 10 nitrogen and oxygen atoms in total. The van der Waals surface area contributed by atoms with E-state index < -0.39 is 27.7 Å². The Labute approximate surface area is 241 Å². The summed E-state index contributed by atoms with van der Waals surface area (Å²) in [5, 5.41) is 11.8. The van der Waals surface area contributed by atoms with E-state index in [4.69, 9.17) is 14.6 Å². The molecule has 0 aliphatic carbocycles. The molecular formula is C29H30F2N4O6S. The first-order valence-corrected chi connectivity index (χ1v) is 15.2. The van der Waals surface area contributed by atoms with Crippen LogP contribution in [-0.2, 0) is 9.73 Å². The summed E-state index contributed by atoms with van der Waals surface area (Å²) in [7, 11) is -3.27. The third-order valence-electron chi connectivity index (χ3n) is 7.20. The molecule has 3 aromatic rings. The van der Waals surface area contributed by atoms with Crippen molar-refractivity contribution in [1.29, 1.82) is 0 Å². The number of halogens is 2. The molecule has 5 rings (SSSR count). The number of ether oxygens (including phenoxy) is 2. The first kappa shape index (κ1) is 29.2. The molecule has 2 amide bonds. The predicted molar refractivity (Wildman–Crippen MR) is 154 cm³/mol. The number of rotatable bonds is 5. The van der Waals surface area contributed by atoms with Gasteiger partial charge in [0.1, 0.15) is 19.0 Å². The van der Waals surface area contributed by atoms with E-state index in [1.807, 2.05) is 6.07 Å². The van der Waals surface area contributed by atoms with Gasteiger partial charge in [-0.3, -0.25) is 4.79 Å². The summed E-state index contributed by atoms with van der Waals surface area (Å²) in [4.78, 5) is 31.4. The Balaban J connectivity index is 1.56. The number of hydrogen-bond acceptors (Lipinski definition) is 7. The van der Waals surface area contributed by atoms with Crippen molar-refractivity contribution in [2.45, 2.75) is 37.0 Å². The SMILES string of the molecule is Cc1c(-c2ccc3c(c2)OCCO3)cnc(N2CCCC(F)(F)CC2)c1C(=O)Nc1cccc(S(C)(=O)=NC(=O)O)c1. The fraction of sp³-hybridized carbons (Fsp3) is 0.345. The second-order valence-corrected chi connectivity index (χ2v) is 12.5. The number of carbonyl (C=O) groups excluding carboxylic acids is 1. The summed E-state index contributed by atoms with van der Waals surface area (Å²) >= 11 is 0. The van der Waals surface area contributed by atoms with Gasteiger partial charge in [-0.1, -0.05) is 12.1 Å². The van der Waals surface area contributed by atoms with E-state index in [-0.39, 0.29) is 47.8 Å². The number of aromatic nitrogens is 1. The predicted octanol–water partition coefficient (Wildman–Crippen LogP) is 5.84. The van der Waals surface area contributed by atoms with Gasteiger partial charge in [0.05, 0.1) is 15.3 Å². The Bertz CT molecular complexity index is 1670. The van der Waals surface area contributed by atoms with Crippen molar-refractivity contribution in [2.75, 3.05) is 42.8 Å². The van der Waals surface area contributed by atoms with E-state index >= 15 is 0 Å². The molecular weight excluding hydrogens is 570 g/mol. The van der Waals surface area contributed by atoms with Crippen molar-refractivity contribution in [3.63, 3.8) is 0 Å². The van der Waals surface area contributed by atoms with Gasteiger partial charge < -0.3 is 24.8 Å². The number of fused-ring (bicyclic) bond motifs is 1. The Kier molecular flexibility index (Phi) is 8.04. The molecule has 2 aliphatic heterocycles. The third-order valence-corrected chi connectivity index (χ3v) is 8.83. The summed E-state index contributed by atoms with van der Waals surface area (Å²) < 4.78 is 55.9. The average molecular weight is 601 g/mol. The van der Waals surface area contributed by atoms with Crippen LogP contribution in [0.2, 0.25) is 0 Å². The Morgan fingerprint density at radius 1 is 1.10 bits per heavy atom. The van der Waals surface area contributed by atoms with E-state index in [1.54, 1.807) is 36.2 Å². The van der Waals surface area contributed by atoms with Gasteiger partial charge in [-0.2, -0.15) is 0 Å². The lowest BCUT2D eigenvalue weighted by Crippen LogP contribution is -2.30. The number of anilines is 2. The molecule has 13 heteroatoms. The van der Waals surface area contributed by atoms with Crippen molar-refractivity contribution in [1.82, 2.24) is 4.98 Å². The zero-order valence-electron chi connectivity index (χ0n) is 23.1. The van der Waals surface area contributed by atoms with Crippen LogP contribution in [0.4, 0.5) is 25.1 Å². The maximum Gasteiger partial charge on any atom is 0.439 e. The molecule has 1 aromatic heterocycles. The van der Waals surface area contributed by atoms with Crippen LogP contribution in [0.25, 0.3) is 11.1 Å². The van der Waals surface area contributed by atoms with Gasteiger partial charge in [-0.05, 0) is 54.8 Å². The highest BCUT2D eigenvalue weighted by Gasteiger charge is 2.34. The quantitative estimate of drug-likeness (QED) is 0.374. The molecule has 1 unspecified atom stereocenters. The lowest BCUT2D eigenvalue weighted by Gasteiger charge is -2.26. The van der Waals surface area contributed by atoms with E-state index in [2.05, 4.69) is 14.7 Å². The zero-order chi connectivity index (χ0) is 30.1. The molecule has 2 aliphatic rings. The van der Waals surface area contributed by atoms with E-state index in [9.17, 15) is 22.6 Å². The number of pyridine rings is 1. The zero-order valence-corrected chi connectivity index (χ0v) is 23.9. The van der Waals surface area contributed by atoms with Crippen LogP contribution in [0.15, 0.2) is 57.9 Å². The number of nitrogens with one attached hydrogen (secondary N) is 1. The Morgan fingerprint density at radius 3 is 2.62 bits per heavy atom. The standard InChI is InChI=1S/C29H30F2N4O6S/c1-18-22(19-7-8-23-24(15-19)41-14-13-40-23)17-32-26(35-11-4-9-29(30,31)10-12-35)25(18)27(36)33-20-5-3-6-21(16-20)42(2,39)34-28(37)38/h3,5-8,15-17H,4,9-14H2,1-2H3,(H,33,36)(H,37,38). The molecule has 42 heavy (non-hydrogen) atoms. The number of carbonyl (C=O) groups is 2. The van der Waals surface area contributed by atoms with Crippen molar-refractivity contribution in [2.24, 2.45) is 4.36 Å². The first-order chi connectivity index (χ1) is 19.9. The molecule has 0 bridgehead atoms. The van der Waals surface area contributed by atoms with Crippen LogP contribution in [-0.4, -0.2) is 64.8 Å². The average Bonchev–Trinajstić information content (AvgIpc) is 3.12. The maximum atomic E-state index is 14.2. The van der Waals surface area contributed by atoms with Gasteiger partial charge in [0.2, 0.25) is 5.92 Å². The van der Waals surface area contributed by atoms with Gasteiger partial charge in [0, 0.05) is 54.5 Å². The molecule has 0 saturated carbocycles. The van der Waals surface area contributed by atoms with E-state index in [0.29, 0.717) is 42.4 Å². The molecule has 2 aromatic carbocycles. The molecule has 3 heterocycles. The highest BCUT2D eigenvalue weighted by atomic mass is 32.2. The second-order valence-electron chi connectivity index (χ2n) is 10.2. The van der Waals surface area contributed by atoms with Crippen LogP contribution in [0, 0.1) is 6.92 Å². The molecule has 1 fully saturated rings. The van der Waals surface area contributed by atoms with Crippen LogP contribution in [0.1, 0.15) is 35.2 Å². The largest absolute Gasteiger partial charge is 0.486 e.